The largest absolute Gasteiger partial charge is 0.299 e. The number of carbonyl (C=O) groups is 1. The van der Waals surface area contributed by atoms with Crippen molar-refractivity contribution in [3.63, 3.8) is 0 Å². The number of rotatable bonds is 8. The van der Waals surface area contributed by atoms with E-state index in [1.807, 2.05) is 0 Å². The van der Waals surface area contributed by atoms with Crippen LogP contribution in [0.1, 0.15) is 83.1 Å². The fourth-order valence-corrected chi connectivity index (χ4v) is 3.45. The van der Waals surface area contributed by atoms with Gasteiger partial charge in [-0.15, -0.1) is 0 Å². The molecule has 0 aliphatic heterocycles. The molecule has 6 unspecified atom stereocenters. The fourth-order valence-electron chi connectivity index (χ4n) is 3.45. The summed E-state index contributed by atoms with van der Waals surface area (Å²) in [6.07, 6.45) is 0. The van der Waals surface area contributed by atoms with Gasteiger partial charge in [-0.3, -0.25) is 4.79 Å². The topological polar surface area (TPSA) is 17.1 Å². The van der Waals surface area contributed by atoms with Gasteiger partial charge in [0.05, 0.1) is 0 Å². The molecule has 6 atom stereocenters. The molecule has 0 saturated heterocycles. The average Bonchev–Trinajstić information content (AvgIpc) is 2.53. The normalized spacial score (nSPS) is 19.8. The second kappa shape index (κ2) is 8.89. The van der Waals surface area contributed by atoms with Crippen LogP contribution in [0.4, 0.5) is 0 Å². The van der Waals surface area contributed by atoms with E-state index in [0.717, 1.165) is 0 Å². The molecule has 0 aromatic heterocycles. The van der Waals surface area contributed by atoms with E-state index < -0.39 is 0 Å². The summed E-state index contributed by atoms with van der Waals surface area (Å²) in [6, 6.07) is 0. The van der Waals surface area contributed by atoms with E-state index in [1.165, 1.54) is 11.1 Å². The molecule has 0 N–H and O–H groups in total. The van der Waals surface area contributed by atoms with Gasteiger partial charge in [-0.2, -0.15) is 0 Å². The molecular weight excluding hydrogens is 316 g/mol. The first-order valence-electron chi connectivity index (χ1n) is 10.4. The molecule has 0 amide bonds. The molecule has 0 aromatic carbocycles. The molecule has 0 bridgehead atoms. The molecule has 0 aliphatic carbocycles. The summed E-state index contributed by atoms with van der Waals surface area (Å²) in [5.74, 6) is 1.48. The number of Topliss-reactive ketones (excluding diaryl/α,β-unsaturated/α-hetero) is 1. The van der Waals surface area contributed by atoms with Gasteiger partial charge < -0.3 is 0 Å². The molecule has 1 nitrogen and oxygen atoms in total. The SMILES string of the molecule is C=C(C(C)C(C)C(=O)C(C)C(C)C(=C)C(C)C(C)(C)C)C(C)C(C)(C)C. The van der Waals surface area contributed by atoms with Crippen molar-refractivity contribution in [3.05, 3.63) is 24.3 Å². The van der Waals surface area contributed by atoms with Crippen molar-refractivity contribution in [1.29, 1.82) is 0 Å². The molecule has 0 saturated carbocycles. The van der Waals surface area contributed by atoms with Gasteiger partial charge >= 0.3 is 0 Å². The molecule has 0 spiro atoms. The Hall–Kier alpha value is -0.850. The molecule has 0 aliphatic rings. The summed E-state index contributed by atoms with van der Waals surface area (Å²) in [6.45, 7) is 35.1. The lowest BCUT2D eigenvalue weighted by Gasteiger charge is -2.36. The first kappa shape index (κ1) is 25.1. The maximum Gasteiger partial charge on any atom is 0.139 e. The standard InChI is InChI=1S/C25H46O/c1-15(17(3)21(7)24(9,10)11)19(5)23(26)20(6)16(2)18(4)22(8)25(12,13)14/h15-16,19-22H,3-4H2,1-2,5-14H3. The van der Waals surface area contributed by atoms with Crippen LogP contribution < -0.4 is 0 Å². The van der Waals surface area contributed by atoms with Crippen LogP contribution in [0.15, 0.2) is 24.3 Å². The van der Waals surface area contributed by atoms with Crippen LogP contribution >= 0.6 is 0 Å². The zero-order chi connectivity index (χ0) is 21.2. The Morgan fingerprint density at radius 2 is 0.808 bits per heavy atom. The average molecular weight is 363 g/mol. The Bertz CT molecular complexity index is 465. The third kappa shape index (κ3) is 6.10. The van der Waals surface area contributed by atoms with Gasteiger partial charge in [-0.25, -0.2) is 0 Å². The summed E-state index contributed by atoms with van der Waals surface area (Å²) >= 11 is 0. The highest BCUT2D eigenvalue weighted by atomic mass is 16.1. The van der Waals surface area contributed by atoms with Crippen LogP contribution in [0.25, 0.3) is 0 Å². The fraction of sp³-hybridized carbons (Fsp3) is 0.800. The number of hydrogen-bond acceptors (Lipinski definition) is 1. The molecule has 0 fully saturated rings. The lowest BCUT2D eigenvalue weighted by atomic mass is 9.68. The van der Waals surface area contributed by atoms with Crippen molar-refractivity contribution in [3.8, 4) is 0 Å². The zero-order valence-corrected chi connectivity index (χ0v) is 19.8. The predicted octanol–water partition coefficient (Wildman–Crippen LogP) is 7.58. The third-order valence-electron chi connectivity index (χ3n) is 7.28. The summed E-state index contributed by atoms with van der Waals surface area (Å²) in [5.41, 5.74) is 2.73. The van der Waals surface area contributed by atoms with Crippen molar-refractivity contribution in [2.45, 2.75) is 83.1 Å². The molecular formula is C25H46O. The molecule has 0 rings (SSSR count). The monoisotopic (exact) mass is 362 g/mol. The highest BCUT2D eigenvalue weighted by Crippen LogP contribution is 2.40. The van der Waals surface area contributed by atoms with Gasteiger partial charge in [0.2, 0.25) is 0 Å². The molecule has 26 heavy (non-hydrogen) atoms. The van der Waals surface area contributed by atoms with Crippen molar-refractivity contribution < 1.29 is 4.79 Å². The maximum atomic E-state index is 13.2. The van der Waals surface area contributed by atoms with E-state index in [2.05, 4.69) is 96.2 Å². The van der Waals surface area contributed by atoms with E-state index in [1.54, 1.807) is 0 Å². The van der Waals surface area contributed by atoms with Gasteiger partial charge in [0, 0.05) is 11.8 Å². The van der Waals surface area contributed by atoms with Crippen LogP contribution in [0.5, 0.6) is 0 Å². The van der Waals surface area contributed by atoms with Crippen molar-refractivity contribution >= 4 is 5.78 Å². The van der Waals surface area contributed by atoms with E-state index in [9.17, 15) is 4.79 Å². The summed E-state index contributed by atoms with van der Waals surface area (Å²) in [5, 5.41) is 0. The molecule has 0 heterocycles. The Labute approximate surface area is 164 Å². The molecule has 0 aromatic rings. The van der Waals surface area contributed by atoms with Crippen LogP contribution in [-0.4, -0.2) is 5.78 Å². The van der Waals surface area contributed by atoms with Crippen molar-refractivity contribution in [2.24, 2.45) is 46.3 Å². The van der Waals surface area contributed by atoms with Crippen LogP contribution in [0.2, 0.25) is 0 Å². The van der Waals surface area contributed by atoms with Gasteiger partial charge in [0.25, 0.3) is 0 Å². The minimum absolute atomic E-state index is 0.0116. The van der Waals surface area contributed by atoms with Gasteiger partial charge in [0.15, 0.2) is 0 Å². The Kier molecular flexibility index (Phi) is 8.60. The highest BCUT2D eigenvalue weighted by Gasteiger charge is 2.35. The molecule has 152 valence electrons. The highest BCUT2D eigenvalue weighted by molar-refractivity contribution is 5.84. The summed E-state index contributed by atoms with van der Waals surface area (Å²) < 4.78 is 0. The number of hydrogen-bond donors (Lipinski definition) is 0. The lowest BCUT2D eigenvalue weighted by molar-refractivity contribution is -0.128. The van der Waals surface area contributed by atoms with Crippen molar-refractivity contribution in [1.82, 2.24) is 0 Å². The van der Waals surface area contributed by atoms with Crippen LogP contribution in [-0.2, 0) is 4.79 Å². The predicted molar refractivity (Wildman–Crippen MR) is 117 cm³/mol. The van der Waals surface area contributed by atoms with Gasteiger partial charge in [0.1, 0.15) is 5.78 Å². The Morgan fingerprint density at radius 3 is 1.00 bits per heavy atom. The zero-order valence-electron chi connectivity index (χ0n) is 19.8. The number of allylic oxidation sites excluding steroid dienone is 2. The second-order valence-electron chi connectivity index (χ2n) is 10.9. The van der Waals surface area contributed by atoms with Crippen LogP contribution in [0, 0.1) is 46.3 Å². The smallest absolute Gasteiger partial charge is 0.139 e. The van der Waals surface area contributed by atoms with Crippen molar-refractivity contribution in [2.75, 3.05) is 0 Å². The van der Waals surface area contributed by atoms with Gasteiger partial charge in [-0.1, -0.05) is 107 Å². The molecule has 1 heteroatoms. The van der Waals surface area contributed by atoms with Crippen LogP contribution in [0.3, 0.4) is 0 Å². The summed E-state index contributed by atoms with van der Waals surface area (Å²) in [4.78, 5) is 13.2. The van der Waals surface area contributed by atoms with Gasteiger partial charge in [-0.05, 0) is 34.5 Å². The maximum absolute atomic E-state index is 13.2. The van der Waals surface area contributed by atoms with E-state index in [0.29, 0.717) is 17.6 Å². The Morgan fingerprint density at radius 1 is 0.577 bits per heavy atom. The first-order valence-corrected chi connectivity index (χ1v) is 10.4. The number of ketones is 1. The second-order valence-corrected chi connectivity index (χ2v) is 10.9. The quantitative estimate of drug-likeness (QED) is 0.407. The first-order chi connectivity index (χ1) is 11.4. The summed E-state index contributed by atoms with van der Waals surface area (Å²) in [7, 11) is 0. The minimum Gasteiger partial charge on any atom is -0.299 e. The Balaban J connectivity index is 5.22. The third-order valence-corrected chi connectivity index (χ3v) is 7.28. The van der Waals surface area contributed by atoms with E-state index >= 15 is 0 Å². The minimum atomic E-state index is -0.0116. The molecule has 0 radical (unpaired) electrons. The van der Waals surface area contributed by atoms with E-state index in [4.69, 9.17) is 0 Å². The van der Waals surface area contributed by atoms with E-state index in [-0.39, 0.29) is 34.5 Å². The lowest BCUT2D eigenvalue weighted by Crippen LogP contribution is -2.34. The number of carbonyl (C=O) groups excluding carboxylic acids is 1.